The molecule has 0 bridgehead atoms. The summed E-state index contributed by atoms with van der Waals surface area (Å²) in [7, 11) is 1.51. The van der Waals surface area contributed by atoms with E-state index in [1.165, 1.54) is 18.1 Å². The maximum absolute atomic E-state index is 11.4. The molecule has 0 saturated heterocycles. The van der Waals surface area contributed by atoms with Gasteiger partial charge in [-0.1, -0.05) is 0 Å². The van der Waals surface area contributed by atoms with Crippen molar-refractivity contribution in [1.29, 1.82) is 0 Å². The van der Waals surface area contributed by atoms with Gasteiger partial charge in [-0.2, -0.15) is 0 Å². The molecule has 96 valence electrons. The van der Waals surface area contributed by atoms with Gasteiger partial charge in [0, 0.05) is 13.7 Å². The van der Waals surface area contributed by atoms with Crippen molar-refractivity contribution < 1.29 is 14.6 Å². The highest BCUT2D eigenvalue weighted by Crippen LogP contribution is 1.91. The Hall–Kier alpha value is -1.67. The number of carbonyl (C=O) groups excluding carboxylic acids is 1. The molecular formula is C9H17N5O3. The quantitative estimate of drug-likeness (QED) is 0.530. The molecule has 1 rings (SSSR count). The molecule has 17 heavy (non-hydrogen) atoms. The van der Waals surface area contributed by atoms with Crippen LogP contribution in [0.1, 0.15) is 6.42 Å². The van der Waals surface area contributed by atoms with E-state index in [4.69, 9.17) is 10.5 Å². The van der Waals surface area contributed by atoms with Crippen LogP contribution in [0.5, 0.6) is 0 Å². The highest BCUT2D eigenvalue weighted by Gasteiger charge is 2.06. The molecule has 0 aromatic carbocycles. The zero-order valence-corrected chi connectivity index (χ0v) is 9.67. The third-order valence-electron chi connectivity index (χ3n) is 2.02. The van der Waals surface area contributed by atoms with Gasteiger partial charge >= 0.3 is 0 Å². The normalized spacial score (nSPS) is 12.4. The highest BCUT2D eigenvalue weighted by atomic mass is 16.5. The highest BCUT2D eigenvalue weighted by molar-refractivity contribution is 5.75. The van der Waals surface area contributed by atoms with E-state index < -0.39 is 6.10 Å². The Balaban J connectivity index is 2.17. The van der Waals surface area contributed by atoms with E-state index in [-0.39, 0.29) is 25.0 Å². The number of methoxy groups -OCH3 is 1. The third kappa shape index (κ3) is 5.27. The van der Waals surface area contributed by atoms with Crippen LogP contribution in [0.25, 0.3) is 0 Å². The van der Waals surface area contributed by atoms with E-state index in [0.29, 0.717) is 13.0 Å². The number of aliphatic hydroxyl groups is 1. The average molecular weight is 243 g/mol. The van der Waals surface area contributed by atoms with Crippen molar-refractivity contribution in [3.05, 3.63) is 6.33 Å². The molecule has 1 atom stereocenters. The Morgan fingerprint density at radius 3 is 3.12 bits per heavy atom. The lowest BCUT2D eigenvalue weighted by atomic mass is 10.2. The number of nitrogens with two attached hydrogens (primary N) is 1. The lowest BCUT2D eigenvalue weighted by Crippen LogP contribution is -2.31. The molecule has 0 aliphatic carbocycles. The number of carbonyl (C=O) groups is 1. The topological polar surface area (TPSA) is 115 Å². The smallest absolute Gasteiger partial charge is 0.241 e. The van der Waals surface area contributed by atoms with Gasteiger partial charge in [-0.3, -0.25) is 4.79 Å². The van der Waals surface area contributed by atoms with Crippen LogP contribution in [0, 0.1) is 0 Å². The fourth-order valence-electron chi connectivity index (χ4n) is 1.24. The summed E-state index contributed by atoms with van der Waals surface area (Å²) in [6, 6.07) is 0. The summed E-state index contributed by atoms with van der Waals surface area (Å²) in [5.74, 6) is -0.0761. The first-order chi connectivity index (χ1) is 8.11. The van der Waals surface area contributed by atoms with Crippen molar-refractivity contribution in [3.8, 4) is 0 Å². The predicted octanol–water partition coefficient (Wildman–Crippen LogP) is -1.63. The van der Waals surface area contributed by atoms with Gasteiger partial charge in [0.15, 0.2) is 0 Å². The van der Waals surface area contributed by atoms with Crippen molar-refractivity contribution >= 4 is 11.9 Å². The molecule has 1 amide bonds. The van der Waals surface area contributed by atoms with Crippen LogP contribution in [-0.2, 0) is 16.1 Å². The zero-order valence-electron chi connectivity index (χ0n) is 9.67. The molecule has 0 spiro atoms. The van der Waals surface area contributed by atoms with E-state index in [1.807, 2.05) is 0 Å². The van der Waals surface area contributed by atoms with Crippen molar-refractivity contribution in [1.82, 2.24) is 20.1 Å². The summed E-state index contributed by atoms with van der Waals surface area (Å²) in [6.07, 6.45) is 1.26. The minimum Gasteiger partial charge on any atom is -0.391 e. The Morgan fingerprint density at radius 1 is 1.76 bits per heavy atom. The molecule has 1 aromatic heterocycles. The van der Waals surface area contributed by atoms with Crippen LogP contribution in [0.15, 0.2) is 6.33 Å². The lowest BCUT2D eigenvalue weighted by Gasteiger charge is -2.09. The van der Waals surface area contributed by atoms with E-state index in [2.05, 4.69) is 15.4 Å². The fraction of sp³-hybridized carbons (Fsp3) is 0.667. The summed E-state index contributed by atoms with van der Waals surface area (Å²) in [4.78, 5) is 15.1. The van der Waals surface area contributed by atoms with Gasteiger partial charge in [0.05, 0.1) is 12.7 Å². The number of rotatable bonds is 7. The second-order valence-electron chi connectivity index (χ2n) is 3.55. The first-order valence-corrected chi connectivity index (χ1v) is 5.20. The SMILES string of the molecule is COCC(O)CCNC(=O)Cn1cnc(N)n1. The first-order valence-electron chi connectivity index (χ1n) is 5.20. The summed E-state index contributed by atoms with van der Waals surface area (Å²) in [5, 5.41) is 15.8. The molecule has 0 radical (unpaired) electrons. The number of amides is 1. The Kier molecular flexibility index (Phi) is 5.37. The molecule has 1 unspecified atom stereocenters. The summed E-state index contributed by atoms with van der Waals surface area (Å²) < 4.78 is 6.10. The van der Waals surface area contributed by atoms with Gasteiger partial charge in [-0.25, -0.2) is 9.67 Å². The molecule has 4 N–H and O–H groups in total. The molecular weight excluding hydrogens is 226 g/mol. The maximum atomic E-state index is 11.4. The second-order valence-corrected chi connectivity index (χ2v) is 3.55. The van der Waals surface area contributed by atoms with Crippen LogP contribution >= 0.6 is 0 Å². The van der Waals surface area contributed by atoms with E-state index in [1.54, 1.807) is 0 Å². The van der Waals surface area contributed by atoms with E-state index in [0.717, 1.165) is 0 Å². The second kappa shape index (κ2) is 6.81. The van der Waals surface area contributed by atoms with E-state index >= 15 is 0 Å². The van der Waals surface area contributed by atoms with Gasteiger partial charge in [0.25, 0.3) is 0 Å². The molecule has 0 saturated carbocycles. The van der Waals surface area contributed by atoms with Crippen LogP contribution in [0.2, 0.25) is 0 Å². The summed E-state index contributed by atoms with van der Waals surface area (Å²) in [5.41, 5.74) is 5.31. The van der Waals surface area contributed by atoms with Crippen molar-refractivity contribution in [3.63, 3.8) is 0 Å². The Labute approximate surface area is 98.8 Å². The van der Waals surface area contributed by atoms with Crippen LogP contribution in [0.3, 0.4) is 0 Å². The van der Waals surface area contributed by atoms with Gasteiger partial charge in [0.2, 0.25) is 11.9 Å². The fourth-order valence-corrected chi connectivity index (χ4v) is 1.24. The van der Waals surface area contributed by atoms with Crippen LogP contribution in [0.4, 0.5) is 5.95 Å². The van der Waals surface area contributed by atoms with Gasteiger partial charge < -0.3 is 20.9 Å². The van der Waals surface area contributed by atoms with Crippen LogP contribution < -0.4 is 11.1 Å². The monoisotopic (exact) mass is 243 g/mol. The Bertz CT molecular complexity index is 354. The number of nitrogen functional groups attached to an aromatic ring is 1. The first kappa shape index (κ1) is 13.4. The van der Waals surface area contributed by atoms with E-state index in [9.17, 15) is 9.90 Å². The third-order valence-corrected chi connectivity index (χ3v) is 2.02. The van der Waals surface area contributed by atoms with Crippen molar-refractivity contribution in [2.75, 3.05) is 26.0 Å². The largest absolute Gasteiger partial charge is 0.391 e. The number of ether oxygens (including phenoxy) is 1. The molecule has 1 aromatic rings. The van der Waals surface area contributed by atoms with Crippen molar-refractivity contribution in [2.45, 2.75) is 19.1 Å². The summed E-state index contributed by atoms with van der Waals surface area (Å²) >= 11 is 0. The number of hydrogen-bond acceptors (Lipinski definition) is 6. The van der Waals surface area contributed by atoms with Crippen LogP contribution in [-0.4, -0.2) is 52.1 Å². The standard InChI is InChI=1S/C9H17N5O3/c1-17-5-7(15)2-3-11-8(16)4-14-6-12-9(10)13-14/h6-7,15H,2-5H2,1H3,(H2,10,13)(H,11,16). The summed E-state index contributed by atoms with van der Waals surface area (Å²) in [6.45, 7) is 0.702. The predicted molar refractivity (Wildman–Crippen MR) is 59.9 cm³/mol. The van der Waals surface area contributed by atoms with Crippen molar-refractivity contribution in [2.24, 2.45) is 0 Å². The Morgan fingerprint density at radius 2 is 2.53 bits per heavy atom. The average Bonchev–Trinajstić information content (AvgIpc) is 2.64. The molecule has 1 heterocycles. The molecule has 0 aliphatic rings. The number of nitrogens with zero attached hydrogens (tertiary/aromatic N) is 3. The minimum absolute atomic E-state index is 0.0601. The number of hydrogen-bond donors (Lipinski definition) is 3. The van der Waals surface area contributed by atoms with Gasteiger partial charge in [-0.05, 0) is 6.42 Å². The number of aromatic nitrogens is 3. The number of aliphatic hydroxyl groups excluding tert-OH is 1. The number of anilines is 1. The molecule has 8 heteroatoms. The number of nitrogens with one attached hydrogen (secondary N) is 1. The zero-order chi connectivity index (χ0) is 12.7. The molecule has 0 aliphatic heterocycles. The van der Waals surface area contributed by atoms with Gasteiger partial charge in [-0.15, -0.1) is 5.10 Å². The van der Waals surface area contributed by atoms with Gasteiger partial charge in [0.1, 0.15) is 12.9 Å². The molecule has 8 nitrogen and oxygen atoms in total. The maximum Gasteiger partial charge on any atom is 0.241 e. The lowest BCUT2D eigenvalue weighted by molar-refractivity contribution is -0.121. The minimum atomic E-state index is -0.567. The molecule has 0 fully saturated rings.